The second-order valence-electron chi connectivity index (χ2n) is 3.13. The summed E-state index contributed by atoms with van der Waals surface area (Å²) in [6.45, 7) is 0.548. The minimum atomic E-state index is -0.309. The van der Waals surface area contributed by atoms with E-state index in [1.807, 2.05) is 0 Å². The van der Waals surface area contributed by atoms with E-state index in [4.69, 9.17) is 14.7 Å². The summed E-state index contributed by atoms with van der Waals surface area (Å²) in [5.41, 5.74) is 5.37. The maximum Gasteiger partial charge on any atom is 0.287 e. The van der Waals surface area contributed by atoms with E-state index < -0.39 is 0 Å². The first-order chi connectivity index (χ1) is 7.79. The van der Waals surface area contributed by atoms with Crippen LogP contribution in [0.3, 0.4) is 0 Å². The Labute approximate surface area is 91.4 Å². The van der Waals surface area contributed by atoms with Gasteiger partial charge >= 0.3 is 0 Å². The van der Waals surface area contributed by atoms with Gasteiger partial charge in [-0.1, -0.05) is 5.16 Å². The smallest absolute Gasteiger partial charge is 0.287 e. The van der Waals surface area contributed by atoms with Gasteiger partial charge in [-0.05, 0) is 12.1 Å². The summed E-state index contributed by atoms with van der Waals surface area (Å²) in [7, 11) is 0. The summed E-state index contributed by atoms with van der Waals surface area (Å²) in [6.07, 6.45) is 1.51. The van der Waals surface area contributed by atoms with Crippen molar-refractivity contribution >= 4 is 5.91 Å². The standard InChI is InChI=1S/C10H11N3O3/c11-5-7-1-2-9(15-7)10(14)12-6-8-3-4-13-16-8/h1-4H,5-6,11H2,(H,12,14). The van der Waals surface area contributed by atoms with Gasteiger partial charge in [0.1, 0.15) is 5.76 Å². The number of hydrogen-bond donors (Lipinski definition) is 2. The minimum Gasteiger partial charge on any atom is -0.455 e. The van der Waals surface area contributed by atoms with Gasteiger partial charge in [0.15, 0.2) is 11.5 Å². The van der Waals surface area contributed by atoms with Crippen LogP contribution in [0.15, 0.2) is 33.3 Å². The van der Waals surface area contributed by atoms with Crippen molar-refractivity contribution in [1.82, 2.24) is 10.5 Å². The summed E-state index contributed by atoms with van der Waals surface area (Å²) >= 11 is 0. The maximum absolute atomic E-state index is 11.6. The third-order valence-corrected chi connectivity index (χ3v) is 2.00. The van der Waals surface area contributed by atoms with Crippen LogP contribution in [0.4, 0.5) is 0 Å². The van der Waals surface area contributed by atoms with Gasteiger partial charge in [0.2, 0.25) is 0 Å². The van der Waals surface area contributed by atoms with E-state index in [0.29, 0.717) is 11.5 Å². The normalized spacial score (nSPS) is 10.3. The number of carbonyl (C=O) groups excluding carboxylic acids is 1. The highest BCUT2D eigenvalue weighted by Crippen LogP contribution is 2.07. The molecule has 2 aromatic heterocycles. The summed E-state index contributed by atoms with van der Waals surface area (Å²) in [5.74, 6) is 1.08. The van der Waals surface area contributed by atoms with Gasteiger partial charge in [0, 0.05) is 6.07 Å². The molecule has 0 bridgehead atoms. The second kappa shape index (κ2) is 4.63. The Morgan fingerprint density at radius 1 is 1.38 bits per heavy atom. The molecular formula is C10H11N3O3. The van der Waals surface area contributed by atoms with Crippen molar-refractivity contribution in [1.29, 1.82) is 0 Å². The fraction of sp³-hybridized carbons (Fsp3) is 0.200. The van der Waals surface area contributed by atoms with Crippen molar-refractivity contribution in [2.75, 3.05) is 0 Å². The second-order valence-corrected chi connectivity index (χ2v) is 3.13. The van der Waals surface area contributed by atoms with Crippen LogP contribution < -0.4 is 11.1 Å². The molecule has 0 aliphatic rings. The number of nitrogens with one attached hydrogen (secondary N) is 1. The van der Waals surface area contributed by atoms with Gasteiger partial charge in [-0.3, -0.25) is 4.79 Å². The number of aromatic nitrogens is 1. The molecule has 6 nitrogen and oxygen atoms in total. The van der Waals surface area contributed by atoms with E-state index in [-0.39, 0.29) is 24.8 Å². The number of nitrogens with zero attached hydrogens (tertiary/aromatic N) is 1. The summed E-state index contributed by atoms with van der Waals surface area (Å²) in [5, 5.41) is 6.16. The molecule has 84 valence electrons. The van der Waals surface area contributed by atoms with Gasteiger partial charge in [0.25, 0.3) is 5.91 Å². The highest BCUT2D eigenvalue weighted by atomic mass is 16.5. The van der Waals surface area contributed by atoms with Crippen LogP contribution in [0.2, 0.25) is 0 Å². The lowest BCUT2D eigenvalue weighted by molar-refractivity contribution is 0.0917. The fourth-order valence-electron chi connectivity index (χ4n) is 1.20. The van der Waals surface area contributed by atoms with Crippen molar-refractivity contribution < 1.29 is 13.7 Å². The van der Waals surface area contributed by atoms with E-state index in [1.54, 1.807) is 18.2 Å². The van der Waals surface area contributed by atoms with Crippen LogP contribution >= 0.6 is 0 Å². The average Bonchev–Trinajstić information content (AvgIpc) is 2.96. The lowest BCUT2D eigenvalue weighted by Gasteiger charge is -1.99. The highest BCUT2D eigenvalue weighted by molar-refractivity contribution is 5.91. The number of nitrogens with two attached hydrogens (primary N) is 1. The molecule has 0 aliphatic heterocycles. The Morgan fingerprint density at radius 2 is 2.25 bits per heavy atom. The molecule has 0 unspecified atom stereocenters. The zero-order valence-corrected chi connectivity index (χ0v) is 8.47. The molecule has 0 atom stereocenters. The number of rotatable bonds is 4. The molecule has 0 saturated heterocycles. The fourth-order valence-corrected chi connectivity index (χ4v) is 1.20. The first-order valence-electron chi connectivity index (χ1n) is 4.76. The molecule has 2 heterocycles. The molecule has 2 aromatic rings. The molecule has 0 aromatic carbocycles. The molecule has 6 heteroatoms. The van der Waals surface area contributed by atoms with Crippen LogP contribution in [-0.4, -0.2) is 11.1 Å². The Balaban J connectivity index is 1.93. The number of carbonyl (C=O) groups is 1. The van der Waals surface area contributed by atoms with Crippen molar-refractivity contribution in [2.45, 2.75) is 13.1 Å². The first-order valence-corrected chi connectivity index (χ1v) is 4.76. The topological polar surface area (TPSA) is 94.3 Å². The first kappa shape index (κ1) is 10.4. The van der Waals surface area contributed by atoms with Crippen LogP contribution in [0, 0.1) is 0 Å². The lowest BCUT2D eigenvalue weighted by Crippen LogP contribution is -2.21. The summed E-state index contributed by atoms with van der Waals surface area (Å²) in [4.78, 5) is 11.6. The van der Waals surface area contributed by atoms with E-state index >= 15 is 0 Å². The molecule has 0 spiro atoms. The van der Waals surface area contributed by atoms with Crippen LogP contribution in [0.25, 0.3) is 0 Å². The summed E-state index contributed by atoms with van der Waals surface area (Å²) < 4.78 is 10.0. The number of hydrogen-bond acceptors (Lipinski definition) is 5. The Hall–Kier alpha value is -2.08. The van der Waals surface area contributed by atoms with Gasteiger partial charge in [-0.2, -0.15) is 0 Å². The van der Waals surface area contributed by atoms with E-state index in [9.17, 15) is 4.79 Å². The molecule has 1 amide bonds. The number of amides is 1. The zero-order valence-electron chi connectivity index (χ0n) is 8.47. The zero-order chi connectivity index (χ0) is 11.4. The summed E-state index contributed by atoms with van der Waals surface area (Å²) in [6, 6.07) is 4.93. The maximum atomic E-state index is 11.6. The van der Waals surface area contributed by atoms with Gasteiger partial charge < -0.3 is 20.0 Å². The molecule has 0 saturated carbocycles. The minimum absolute atomic E-state index is 0.236. The van der Waals surface area contributed by atoms with Gasteiger partial charge in [-0.15, -0.1) is 0 Å². The Bertz CT molecular complexity index is 461. The lowest BCUT2D eigenvalue weighted by atomic mass is 10.4. The molecule has 16 heavy (non-hydrogen) atoms. The largest absolute Gasteiger partial charge is 0.455 e. The van der Waals surface area contributed by atoms with Crippen molar-refractivity contribution in [2.24, 2.45) is 5.73 Å². The van der Waals surface area contributed by atoms with E-state index in [1.165, 1.54) is 6.20 Å². The van der Waals surface area contributed by atoms with E-state index in [0.717, 1.165) is 0 Å². The molecule has 0 fully saturated rings. The van der Waals surface area contributed by atoms with Crippen molar-refractivity contribution in [3.05, 3.63) is 41.7 Å². The highest BCUT2D eigenvalue weighted by Gasteiger charge is 2.10. The Kier molecular flexibility index (Phi) is 3.02. The quantitative estimate of drug-likeness (QED) is 0.790. The van der Waals surface area contributed by atoms with Crippen LogP contribution in [0.5, 0.6) is 0 Å². The molecular weight excluding hydrogens is 210 g/mol. The Morgan fingerprint density at radius 3 is 2.88 bits per heavy atom. The average molecular weight is 221 g/mol. The van der Waals surface area contributed by atoms with Gasteiger partial charge in [-0.25, -0.2) is 0 Å². The van der Waals surface area contributed by atoms with Crippen molar-refractivity contribution in [3.8, 4) is 0 Å². The SMILES string of the molecule is NCc1ccc(C(=O)NCc2ccno2)o1. The molecule has 3 N–H and O–H groups in total. The monoisotopic (exact) mass is 221 g/mol. The van der Waals surface area contributed by atoms with Crippen LogP contribution in [0.1, 0.15) is 22.1 Å². The molecule has 0 radical (unpaired) electrons. The molecule has 2 rings (SSSR count). The van der Waals surface area contributed by atoms with E-state index in [2.05, 4.69) is 10.5 Å². The third kappa shape index (κ3) is 2.29. The third-order valence-electron chi connectivity index (χ3n) is 2.00. The predicted octanol–water partition coefficient (Wildman–Crippen LogP) is 0.656. The van der Waals surface area contributed by atoms with Crippen LogP contribution in [-0.2, 0) is 13.1 Å². The molecule has 0 aliphatic carbocycles. The van der Waals surface area contributed by atoms with Crippen molar-refractivity contribution in [3.63, 3.8) is 0 Å². The number of furan rings is 1. The predicted molar refractivity (Wildman–Crippen MR) is 54.3 cm³/mol. The van der Waals surface area contributed by atoms with Gasteiger partial charge in [0.05, 0.1) is 19.3 Å².